The van der Waals surface area contributed by atoms with E-state index in [1.807, 2.05) is 54.6 Å². The van der Waals surface area contributed by atoms with E-state index in [4.69, 9.17) is 15.9 Å². The Morgan fingerprint density at radius 1 is 1.29 bits per heavy atom. The van der Waals surface area contributed by atoms with Gasteiger partial charge >= 0.3 is 40.5 Å². The van der Waals surface area contributed by atoms with Crippen molar-refractivity contribution in [2.45, 2.75) is 13.0 Å². The number of nitrogens with two attached hydrogens (primary N) is 1. The van der Waals surface area contributed by atoms with E-state index in [-0.39, 0.29) is 37.7 Å². The maximum atomic E-state index is 9.76. The number of aliphatic hydroxyl groups is 1. The van der Waals surface area contributed by atoms with Gasteiger partial charge in [0.1, 0.15) is 6.04 Å². The Morgan fingerprint density at radius 2 is 1.71 bits per heavy atom. The maximum absolute atomic E-state index is 9.76. The normalized spacial score (nSPS) is 11.2. The average molecular weight is 510 g/mol. The van der Waals surface area contributed by atoms with Gasteiger partial charge in [0.05, 0.1) is 5.76 Å². The minimum absolute atomic E-state index is 0. The molecule has 0 radical (unpaired) electrons. The molecule has 24 heavy (non-hydrogen) atoms. The summed E-state index contributed by atoms with van der Waals surface area (Å²) >= 11 is 3.29. The van der Waals surface area contributed by atoms with Gasteiger partial charge in [-0.2, -0.15) is 30.8 Å². The van der Waals surface area contributed by atoms with Gasteiger partial charge in [-0.15, -0.1) is 0 Å². The largest absolute Gasteiger partial charge is 0.214 e. The molecule has 0 saturated heterocycles. The first-order valence-corrected chi connectivity index (χ1v) is 12.5. The molecule has 1 atom stereocenters. The molecule has 0 heterocycles. The molecule has 2 rings (SSSR count). The molecule has 1 aliphatic rings. The minimum Gasteiger partial charge on any atom is -0.214 e. The van der Waals surface area contributed by atoms with Gasteiger partial charge in [-0.1, -0.05) is 24.3 Å². The van der Waals surface area contributed by atoms with Gasteiger partial charge in [0, 0.05) is 28.4 Å². The van der Waals surface area contributed by atoms with E-state index in [9.17, 15) is 4.79 Å². The number of aliphatic carboxylic acids is 1. The summed E-state index contributed by atoms with van der Waals surface area (Å²) in [6.45, 7) is 1.68. The van der Waals surface area contributed by atoms with Crippen molar-refractivity contribution < 1.29 is 47.0 Å². The van der Waals surface area contributed by atoms with E-state index in [1.54, 1.807) is 6.92 Å². The Morgan fingerprint density at radius 3 is 1.83 bits per heavy atom. The molecule has 4 N–H and O–H groups in total. The minimum atomic E-state index is -1.00. The second-order valence-corrected chi connectivity index (χ2v) is 7.84. The van der Waals surface area contributed by atoms with Crippen molar-refractivity contribution in [1.29, 1.82) is 0 Å². The van der Waals surface area contributed by atoms with Gasteiger partial charge in [0.15, 0.2) is 0 Å². The molecule has 0 unspecified atom stereocenters. The third-order valence-corrected chi connectivity index (χ3v) is 2.54. The van der Waals surface area contributed by atoms with Gasteiger partial charge in [-0.3, -0.25) is 4.79 Å². The van der Waals surface area contributed by atoms with Gasteiger partial charge in [0.25, 0.3) is 0 Å². The van der Waals surface area contributed by atoms with Crippen LogP contribution >= 0.6 is 32.3 Å². The molecule has 136 valence electrons. The van der Waals surface area contributed by atoms with Crippen LogP contribution in [0.15, 0.2) is 66.0 Å². The van der Waals surface area contributed by atoms with E-state index in [1.165, 1.54) is 0 Å². The molecule has 1 aromatic carbocycles. The second kappa shape index (κ2) is 20.8. The van der Waals surface area contributed by atoms with Crippen LogP contribution in [0.4, 0.5) is 0 Å². The van der Waals surface area contributed by atoms with E-state index < -0.39 is 12.0 Å². The molecule has 0 spiro atoms. The second-order valence-electron chi connectivity index (χ2n) is 3.92. The van der Waals surface area contributed by atoms with Crippen LogP contribution in [0, 0.1) is 0 Å². The fourth-order valence-corrected chi connectivity index (χ4v) is 1.17. The zero-order valence-corrected chi connectivity index (χ0v) is 18.5. The van der Waals surface area contributed by atoms with Gasteiger partial charge in [0.2, 0.25) is 0 Å². The maximum Gasteiger partial charge on any atom is -0.172 e. The number of carbonyl (C=O) groups is 1. The number of thiol groups is 1. The monoisotopic (exact) mass is 512 g/mol. The van der Waals surface area contributed by atoms with E-state index in [0.717, 1.165) is 5.57 Å². The van der Waals surface area contributed by atoms with E-state index in [2.05, 4.69) is 32.3 Å². The average Bonchev–Trinajstić information content (AvgIpc) is 3.22. The standard InChI is InChI=1S/C7H8O.C5H5.C3H7NO2S.Fe.Mo.2S/c1-6(8)7-4-2-3-5-7;1-2-4-5-3-1;4-2(1-7)3(5)6;;;;/h2-5,8H,1H3;1-5H;2,7H,1,4H2,(H,5,6);;;;/q;-1;;;;;/t;;2-;;;;/m..0..../s1. The van der Waals surface area contributed by atoms with Crippen molar-refractivity contribution in [3.63, 3.8) is 0 Å². The summed E-state index contributed by atoms with van der Waals surface area (Å²) in [5, 5.41) is 16.8. The molecule has 0 aliphatic heterocycles. The Hall–Kier alpha value is -0.202. The van der Waals surface area contributed by atoms with Gasteiger partial charge in [-0.25, -0.2) is 12.1 Å². The quantitative estimate of drug-likeness (QED) is 0.209. The van der Waals surface area contributed by atoms with Crippen molar-refractivity contribution in [3.05, 3.63) is 66.0 Å². The van der Waals surface area contributed by atoms with Crippen molar-refractivity contribution in [2.75, 3.05) is 5.75 Å². The summed E-state index contributed by atoms with van der Waals surface area (Å²) in [4.78, 5) is 9.76. The molecule has 0 amide bonds. The number of allylic oxidation sites excluding steroid dienone is 6. The summed E-state index contributed by atoms with van der Waals surface area (Å²) in [6, 6.07) is 9.18. The zero-order valence-electron chi connectivity index (χ0n) is 12.9. The van der Waals surface area contributed by atoms with Crippen molar-refractivity contribution in [2.24, 2.45) is 5.73 Å². The smallest absolute Gasteiger partial charge is 0.172 e. The molecule has 0 fully saturated rings. The summed E-state index contributed by atoms with van der Waals surface area (Å²) in [5.74, 6) is -0.431. The first kappa shape index (κ1) is 28.6. The molecular formula is C15H20FeMoNO3S3-. The van der Waals surface area contributed by atoms with Crippen LogP contribution < -0.4 is 5.73 Å². The molecule has 1 aromatic rings. The number of carboxylic acid groups (broad SMARTS) is 1. The first-order valence-electron chi connectivity index (χ1n) is 6.33. The van der Waals surface area contributed by atoms with Crippen LogP contribution in [0.2, 0.25) is 0 Å². The summed E-state index contributed by atoms with van der Waals surface area (Å²) < 4.78 is 0. The fourth-order valence-electron chi connectivity index (χ4n) is 1.01. The van der Waals surface area contributed by atoms with Crippen molar-refractivity contribution >= 4 is 38.2 Å². The number of carboxylic acids is 1. The number of aliphatic hydroxyl groups excluding tert-OH is 1. The van der Waals surface area contributed by atoms with E-state index >= 15 is 0 Å². The number of rotatable bonds is 2. The predicted molar refractivity (Wildman–Crippen MR) is 100 cm³/mol. The Kier molecular flexibility index (Phi) is 24.8. The molecule has 1 aliphatic carbocycles. The molecule has 0 bridgehead atoms. The molecule has 9 heteroatoms. The number of hydrogen-bond donors (Lipinski definition) is 4. The van der Waals surface area contributed by atoms with Crippen molar-refractivity contribution in [1.82, 2.24) is 0 Å². The third kappa shape index (κ3) is 19.8. The molecule has 4 nitrogen and oxygen atoms in total. The van der Waals surface area contributed by atoms with Crippen LogP contribution in [-0.2, 0) is 36.8 Å². The van der Waals surface area contributed by atoms with Gasteiger partial charge < -0.3 is 15.9 Å². The summed E-state index contributed by atoms with van der Waals surface area (Å²) in [6.07, 6.45) is 7.54. The summed E-state index contributed by atoms with van der Waals surface area (Å²) in [5.41, 5.74) is 5.85. The first-order chi connectivity index (χ1) is 10.9. The SMILES string of the molecule is CC(O)=C1C=CC=C1.N[C@@H](CS)C(=O)O.[Fe].[S]=[Mo]=[S].c1cc[cH-]c1. The topological polar surface area (TPSA) is 83.5 Å². The number of hydrogen-bond acceptors (Lipinski definition) is 6. The Labute approximate surface area is 174 Å². The van der Waals surface area contributed by atoms with Crippen LogP contribution in [0.3, 0.4) is 0 Å². The van der Waals surface area contributed by atoms with Crippen LogP contribution in [-0.4, -0.2) is 28.0 Å². The van der Waals surface area contributed by atoms with Crippen LogP contribution in [0.1, 0.15) is 6.92 Å². The molecule has 0 saturated carbocycles. The van der Waals surface area contributed by atoms with E-state index in [0.29, 0.717) is 5.76 Å². The van der Waals surface area contributed by atoms with Crippen LogP contribution in [0.5, 0.6) is 0 Å². The Balaban J connectivity index is -0.000000254. The van der Waals surface area contributed by atoms with Crippen LogP contribution in [0.25, 0.3) is 0 Å². The summed E-state index contributed by atoms with van der Waals surface area (Å²) in [7, 11) is 8.68. The molecular weight excluding hydrogens is 490 g/mol. The zero-order chi connectivity index (χ0) is 18.1. The third-order valence-electron chi connectivity index (χ3n) is 2.15. The molecule has 0 aromatic heterocycles. The fraction of sp³-hybridized carbons (Fsp3) is 0.200. The van der Waals surface area contributed by atoms with Gasteiger partial charge in [-0.05, 0) is 6.92 Å². The Bertz CT molecular complexity index is 519. The predicted octanol–water partition coefficient (Wildman–Crippen LogP) is 3.97. The van der Waals surface area contributed by atoms with Crippen molar-refractivity contribution in [3.8, 4) is 0 Å².